The number of sulfonamides is 1. The van der Waals surface area contributed by atoms with Gasteiger partial charge in [-0.3, -0.25) is 0 Å². The quantitative estimate of drug-likeness (QED) is 0.268. The van der Waals surface area contributed by atoms with E-state index in [-0.39, 0.29) is 4.90 Å². The number of nitrogens with zero attached hydrogens (tertiary/aromatic N) is 4. The molecule has 0 bridgehead atoms. The molecule has 0 amide bonds. The second kappa shape index (κ2) is 11.6. The van der Waals surface area contributed by atoms with Crippen molar-refractivity contribution in [3.63, 3.8) is 0 Å². The Kier molecular flexibility index (Phi) is 8.28. The molecule has 7 nitrogen and oxygen atoms in total. The fraction of sp³-hybridized carbons (Fsp3) is 0.308. The fourth-order valence-electron chi connectivity index (χ4n) is 4.22. The first kappa shape index (κ1) is 26.3. The summed E-state index contributed by atoms with van der Waals surface area (Å²) < 4.78 is 34.4. The Morgan fingerprint density at radius 2 is 1.84 bits per heavy atom. The zero-order valence-corrected chi connectivity index (χ0v) is 23.1. The van der Waals surface area contributed by atoms with Crippen LogP contribution in [0.2, 0.25) is 10.0 Å². The van der Waals surface area contributed by atoms with Crippen molar-refractivity contribution in [2.24, 2.45) is 16.0 Å². The van der Waals surface area contributed by atoms with Crippen molar-refractivity contribution in [2.45, 2.75) is 24.2 Å². The van der Waals surface area contributed by atoms with E-state index in [2.05, 4.69) is 12.2 Å². The van der Waals surface area contributed by atoms with Gasteiger partial charge in [-0.25, -0.2) is 18.1 Å². The Hall–Kier alpha value is -2.27. The topological polar surface area (TPSA) is 76.3 Å². The van der Waals surface area contributed by atoms with Crippen LogP contribution in [0.3, 0.4) is 0 Å². The first-order valence-electron chi connectivity index (χ1n) is 12.0. The summed E-state index contributed by atoms with van der Waals surface area (Å²) >= 11 is 14.2. The largest absolute Gasteiger partial charge is 0.379 e. The van der Waals surface area contributed by atoms with Crippen molar-refractivity contribution in [1.82, 2.24) is 8.98 Å². The van der Waals surface area contributed by atoms with Crippen LogP contribution >= 0.6 is 34.5 Å². The van der Waals surface area contributed by atoms with Crippen LogP contribution in [0.4, 0.5) is 5.69 Å². The van der Waals surface area contributed by atoms with Crippen LogP contribution in [0.5, 0.6) is 0 Å². The van der Waals surface area contributed by atoms with E-state index < -0.39 is 10.0 Å². The molecule has 1 aliphatic carbocycles. The summed E-state index contributed by atoms with van der Waals surface area (Å²) in [5.74, 6) is 0.345. The molecule has 0 saturated carbocycles. The van der Waals surface area contributed by atoms with Gasteiger partial charge in [0.15, 0.2) is 0 Å². The third-order valence-corrected chi connectivity index (χ3v) is 9.56. The van der Waals surface area contributed by atoms with Crippen molar-refractivity contribution in [3.8, 4) is 11.3 Å². The van der Waals surface area contributed by atoms with Crippen LogP contribution in [0.1, 0.15) is 19.3 Å². The summed E-state index contributed by atoms with van der Waals surface area (Å²) in [6.45, 7) is 1.52. The predicted octanol–water partition coefficient (Wildman–Crippen LogP) is 5.97. The van der Waals surface area contributed by atoms with Gasteiger partial charge in [0.25, 0.3) is 0 Å². The Balaban J connectivity index is 1.51. The van der Waals surface area contributed by atoms with E-state index >= 15 is 0 Å². The molecule has 5 rings (SSSR count). The number of aromatic nitrogens is 1. The predicted molar refractivity (Wildman–Crippen MR) is 149 cm³/mol. The minimum absolute atomic E-state index is 0.238. The molecule has 1 saturated heterocycles. The Bertz CT molecular complexity index is 1490. The lowest BCUT2D eigenvalue weighted by Crippen LogP contribution is -2.40. The van der Waals surface area contributed by atoms with Gasteiger partial charge in [0.2, 0.25) is 14.8 Å². The number of ether oxygens (including phenoxy) is 1. The molecule has 1 aliphatic heterocycles. The molecule has 1 unspecified atom stereocenters. The van der Waals surface area contributed by atoms with Gasteiger partial charge in [-0.2, -0.15) is 9.41 Å². The molecular weight excluding hydrogens is 551 g/mol. The standard InChI is InChI=1S/C26H26Cl2N4O3S2/c27-20-6-11-24(28)23(16-20)25-18-36-26(32(25)29-17-19-4-2-1-3-5-19)30-21-7-9-22(10-8-21)37(33,34)31-12-14-35-15-13-31/h1-2,6-11,16-19H,3-5,12-15H2. The lowest BCUT2D eigenvalue weighted by atomic mass is 9.96. The summed E-state index contributed by atoms with van der Waals surface area (Å²) in [5.41, 5.74) is 2.17. The highest BCUT2D eigenvalue weighted by atomic mass is 35.5. The van der Waals surface area contributed by atoms with Gasteiger partial charge in [-0.05, 0) is 67.6 Å². The third kappa shape index (κ3) is 6.08. The number of allylic oxidation sites excluding steroid dienone is 2. The average molecular weight is 578 g/mol. The van der Waals surface area contributed by atoms with Crippen LogP contribution in [-0.4, -0.2) is 49.9 Å². The minimum Gasteiger partial charge on any atom is -0.379 e. The van der Waals surface area contributed by atoms with Crippen LogP contribution in [0.15, 0.2) is 75.0 Å². The number of morpholine rings is 1. The Labute approximate surface area is 230 Å². The summed E-state index contributed by atoms with van der Waals surface area (Å²) in [4.78, 5) is 5.66. The van der Waals surface area contributed by atoms with Gasteiger partial charge in [0, 0.05) is 35.3 Å². The summed E-state index contributed by atoms with van der Waals surface area (Å²) in [6, 6.07) is 11.9. The van der Waals surface area contributed by atoms with Gasteiger partial charge in [-0.15, -0.1) is 11.3 Å². The number of thiazole rings is 1. The molecule has 194 valence electrons. The monoisotopic (exact) mass is 576 g/mol. The van der Waals surface area contributed by atoms with E-state index in [9.17, 15) is 8.42 Å². The van der Waals surface area contributed by atoms with E-state index in [0.29, 0.717) is 52.8 Å². The molecule has 1 aromatic heterocycles. The molecular formula is C26H26Cl2N4O3S2. The van der Waals surface area contributed by atoms with Gasteiger partial charge >= 0.3 is 0 Å². The molecule has 37 heavy (non-hydrogen) atoms. The van der Waals surface area contributed by atoms with E-state index in [4.69, 9.17) is 38.0 Å². The van der Waals surface area contributed by atoms with Crippen LogP contribution in [0.25, 0.3) is 11.3 Å². The van der Waals surface area contributed by atoms with Gasteiger partial charge in [-0.1, -0.05) is 35.4 Å². The number of benzene rings is 2. The molecule has 0 N–H and O–H groups in total. The van der Waals surface area contributed by atoms with Gasteiger partial charge in [0.05, 0.1) is 34.5 Å². The molecule has 1 fully saturated rings. The molecule has 11 heteroatoms. The second-order valence-electron chi connectivity index (χ2n) is 8.77. The molecule has 0 radical (unpaired) electrons. The summed E-state index contributed by atoms with van der Waals surface area (Å²) in [7, 11) is -3.57. The van der Waals surface area contributed by atoms with E-state index in [0.717, 1.165) is 30.5 Å². The van der Waals surface area contributed by atoms with E-state index in [1.54, 1.807) is 41.1 Å². The number of halogens is 2. The molecule has 2 aromatic carbocycles. The molecule has 1 atom stereocenters. The number of hydrogen-bond donors (Lipinski definition) is 0. The molecule has 3 aromatic rings. The number of hydrogen-bond acceptors (Lipinski definition) is 6. The first-order valence-corrected chi connectivity index (χ1v) is 15.1. The van der Waals surface area contributed by atoms with Crippen molar-refractivity contribution in [1.29, 1.82) is 0 Å². The van der Waals surface area contributed by atoms with Crippen molar-refractivity contribution in [2.75, 3.05) is 26.3 Å². The molecule has 2 heterocycles. The Morgan fingerprint density at radius 1 is 1.05 bits per heavy atom. The lowest BCUT2D eigenvalue weighted by Gasteiger charge is -2.26. The van der Waals surface area contributed by atoms with Crippen molar-refractivity contribution >= 4 is 56.5 Å². The fourth-order valence-corrected chi connectivity index (χ4v) is 6.86. The second-order valence-corrected chi connectivity index (χ2v) is 12.4. The Morgan fingerprint density at radius 3 is 2.57 bits per heavy atom. The SMILES string of the molecule is O=S(=O)(c1ccc(N=c2scc(-c3cc(Cl)ccc3Cl)n2N=CC2CC=CCC2)cc1)N1CCOCC1. The van der Waals surface area contributed by atoms with Crippen LogP contribution in [0, 0.1) is 5.92 Å². The third-order valence-electron chi connectivity index (χ3n) is 6.26. The minimum atomic E-state index is -3.57. The summed E-state index contributed by atoms with van der Waals surface area (Å²) in [5, 5.41) is 7.90. The van der Waals surface area contributed by atoms with E-state index in [1.807, 2.05) is 17.7 Å². The highest BCUT2D eigenvalue weighted by molar-refractivity contribution is 7.89. The van der Waals surface area contributed by atoms with Crippen molar-refractivity contribution < 1.29 is 13.2 Å². The maximum absolute atomic E-state index is 13.0. The van der Waals surface area contributed by atoms with Gasteiger partial charge < -0.3 is 4.74 Å². The summed E-state index contributed by atoms with van der Waals surface area (Å²) in [6.07, 6.45) is 9.38. The van der Waals surface area contributed by atoms with E-state index in [1.165, 1.54) is 15.6 Å². The molecule has 2 aliphatic rings. The number of rotatable bonds is 6. The highest BCUT2D eigenvalue weighted by Crippen LogP contribution is 2.31. The zero-order valence-electron chi connectivity index (χ0n) is 20.0. The zero-order chi connectivity index (χ0) is 25.8. The normalized spacial score (nSPS) is 19.6. The maximum atomic E-state index is 13.0. The van der Waals surface area contributed by atoms with Crippen LogP contribution in [-0.2, 0) is 14.8 Å². The first-order chi connectivity index (χ1) is 17.9. The highest BCUT2D eigenvalue weighted by Gasteiger charge is 2.26. The van der Waals surface area contributed by atoms with Gasteiger partial charge in [0.1, 0.15) is 0 Å². The van der Waals surface area contributed by atoms with Crippen molar-refractivity contribution in [3.05, 3.63) is 74.8 Å². The average Bonchev–Trinajstić information content (AvgIpc) is 3.32. The lowest BCUT2D eigenvalue weighted by molar-refractivity contribution is 0.0730. The van der Waals surface area contributed by atoms with Crippen LogP contribution < -0.4 is 4.80 Å². The maximum Gasteiger partial charge on any atom is 0.243 e. The smallest absolute Gasteiger partial charge is 0.243 e. The molecule has 0 spiro atoms.